The number of hydrogen-bond acceptors (Lipinski definition) is 2. The van der Waals surface area contributed by atoms with Crippen LogP contribution in [0.25, 0.3) is 0 Å². The summed E-state index contributed by atoms with van der Waals surface area (Å²) in [6.07, 6.45) is -0.517. The Hall–Kier alpha value is -0.420. The van der Waals surface area contributed by atoms with Crippen LogP contribution >= 0.6 is 11.6 Å². The van der Waals surface area contributed by atoms with Gasteiger partial charge in [-0.05, 0) is 18.8 Å². The van der Waals surface area contributed by atoms with Crippen LogP contribution in [-0.4, -0.2) is 38.0 Å². The lowest BCUT2D eigenvalue weighted by atomic mass is 10.1. The van der Waals surface area contributed by atoms with Crippen molar-refractivity contribution in [3.05, 3.63) is 0 Å². The average molecular weight is 272 g/mol. The predicted molar refractivity (Wildman–Crippen MR) is 63.6 cm³/mol. The molecule has 0 aliphatic rings. The minimum atomic E-state index is -2.48. The van der Waals surface area contributed by atoms with E-state index < -0.39 is 13.0 Å². The topological polar surface area (TPSA) is 38.3 Å². The van der Waals surface area contributed by atoms with Crippen molar-refractivity contribution in [3.8, 4) is 0 Å². The van der Waals surface area contributed by atoms with Crippen LogP contribution in [0.15, 0.2) is 0 Å². The fraction of sp³-hybridized carbons (Fsp3) is 0.909. The Bertz CT molecular complexity index is 206. The molecule has 0 fully saturated rings. The second-order valence-electron chi connectivity index (χ2n) is 3.97. The van der Waals surface area contributed by atoms with Gasteiger partial charge in [0, 0.05) is 18.8 Å². The molecule has 0 aromatic heterocycles. The highest BCUT2D eigenvalue weighted by Gasteiger charge is 2.05. The molecule has 17 heavy (non-hydrogen) atoms. The van der Waals surface area contributed by atoms with Crippen molar-refractivity contribution < 1.29 is 18.3 Å². The number of alkyl halides is 3. The third-order valence-corrected chi connectivity index (χ3v) is 2.70. The molecule has 0 aliphatic heterocycles. The van der Waals surface area contributed by atoms with Gasteiger partial charge in [-0.2, -0.15) is 0 Å². The molecule has 1 amide bonds. The van der Waals surface area contributed by atoms with E-state index in [1.54, 1.807) is 0 Å². The van der Waals surface area contributed by atoms with Gasteiger partial charge in [0.15, 0.2) is 0 Å². The molecule has 0 spiro atoms. The Morgan fingerprint density at radius 2 is 2.18 bits per heavy atom. The first-order valence-corrected chi connectivity index (χ1v) is 6.28. The normalized spacial score (nSPS) is 12.8. The molecule has 0 saturated heterocycles. The number of nitrogens with one attached hydrogen (secondary N) is 1. The smallest absolute Gasteiger partial charge is 0.261 e. The van der Waals surface area contributed by atoms with Crippen LogP contribution in [0.1, 0.15) is 26.2 Å². The Morgan fingerprint density at radius 1 is 1.47 bits per heavy atom. The molecule has 0 aliphatic carbocycles. The van der Waals surface area contributed by atoms with Crippen molar-refractivity contribution in [3.63, 3.8) is 0 Å². The minimum absolute atomic E-state index is 0.0360. The Morgan fingerprint density at radius 3 is 2.76 bits per heavy atom. The third-order valence-electron chi connectivity index (χ3n) is 2.18. The number of rotatable bonds is 10. The molecule has 0 aromatic carbocycles. The Kier molecular flexibility index (Phi) is 10.5. The molecule has 0 bridgehead atoms. The highest BCUT2D eigenvalue weighted by atomic mass is 35.5. The van der Waals surface area contributed by atoms with Crippen molar-refractivity contribution in [1.82, 2.24) is 5.32 Å². The summed E-state index contributed by atoms with van der Waals surface area (Å²) < 4.78 is 28.0. The first-order valence-electron chi connectivity index (χ1n) is 5.74. The summed E-state index contributed by atoms with van der Waals surface area (Å²) in [5.41, 5.74) is 0. The first kappa shape index (κ1) is 16.6. The molecule has 0 saturated carbocycles. The molecular weight excluding hydrogens is 252 g/mol. The second-order valence-corrected chi connectivity index (χ2v) is 4.28. The SMILES string of the molecule is CC(CCl)CCCNC(=O)CCOCC(F)F. The highest BCUT2D eigenvalue weighted by Crippen LogP contribution is 2.06. The van der Waals surface area contributed by atoms with Gasteiger partial charge in [-0.25, -0.2) is 8.78 Å². The third kappa shape index (κ3) is 11.8. The van der Waals surface area contributed by atoms with E-state index in [1.807, 2.05) is 6.92 Å². The summed E-state index contributed by atoms with van der Waals surface area (Å²) in [6, 6.07) is 0. The predicted octanol–water partition coefficient (Wildman–Crippen LogP) is 2.43. The fourth-order valence-electron chi connectivity index (χ4n) is 1.18. The van der Waals surface area contributed by atoms with Crippen LogP contribution in [0.5, 0.6) is 0 Å². The molecule has 0 radical (unpaired) electrons. The molecule has 3 nitrogen and oxygen atoms in total. The van der Waals surface area contributed by atoms with E-state index >= 15 is 0 Å². The Balaban J connectivity index is 3.29. The van der Waals surface area contributed by atoms with Gasteiger partial charge in [0.1, 0.15) is 6.61 Å². The number of halogens is 3. The van der Waals surface area contributed by atoms with Crippen LogP contribution in [0.4, 0.5) is 8.78 Å². The number of amides is 1. The van der Waals surface area contributed by atoms with Crippen molar-refractivity contribution in [2.24, 2.45) is 5.92 Å². The molecule has 6 heteroatoms. The van der Waals surface area contributed by atoms with Gasteiger partial charge < -0.3 is 10.1 Å². The van der Waals surface area contributed by atoms with Gasteiger partial charge in [0.2, 0.25) is 5.91 Å². The zero-order valence-corrected chi connectivity index (χ0v) is 10.8. The van der Waals surface area contributed by atoms with E-state index in [4.69, 9.17) is 11.6 Å². The van der Waals surface area contributed by atoms with Gasteiger partial charge in [0.05, 0.1) is 6.61 Å². The molecule has 0 heterocycles. The summed E-state index contributed by atoms with van der Waals surface area (Å²) >= 11 is 5.64. The molecule has 1 N–H and O–H groups in total. The van der Waals surface area contributed by atoms with E-state index in [9.17, 15) is 13.6 Å². The molecule has 1 unspecified atom stereocenters. The number of carbonyl (C=O) groups excluding carboxylic acids is 1. The van der Waals surface area contributed by atoms with Gasteiger partial charge in [-0.1, -0.05) is 6.92 Å². The van der Waals surface area contributed by atoms with Crippen molar-refractivity contribution in [2.45, 2.75) is 32.6 Å². The number of hydrogen-bond donors (Lipinski definition) is 1. The molecule has 0 rings (SSSR count). The minimum Gasteiger partial charge on any atom is -0.375 e. The zero-order chi connectivity index (χ0) is 13.1. The summed E-state index contributed by atoms with van der Waals surface area (Å²) in [5, 5.41) is 2.70. The lowest BCUT2D eigenvalue weighted by molar-refractivity contribution is -0.122. The van der Waals surface area contributed by atoms with E-state index in [-0.39, 0.29) is 18.9 Å². The monoisotopic (exact) mass is 271 g/mol. The molecular formula is C11H20ClF2NO2. The van der Waals surface area contributed by atoms with E-state index in [2.05, 4.69) is 10.1 Å². The van der Waals surface area contributed by atoms with Gasteiger partial charge in [-0.15, -0.1) is 11.6 Å². The maximum absolute atomic E-state index is 11.7. The fourth-order valence-corrected chi connectivity index (χ4v) is 1.34. The standard InChI is InChI=1S/C11H20ClF2NO2/c1-9(7-12)3-2-5-15-11(16)4-6-17-8-10(13)14/h9-10H,2-8H2,1H3,(H,15,16). The van der Waals surface area contributed by atoms with E-state index in [0.29, 0.717) is 18.3 Å². The molecule has 1 atom stereocenters. The first-order chi connectivity index (χ1) is 8.06. The van der Waals surface area contributed by atoms with Crippen LogP contribution in [0, 0.1) is 5.92 Å². The summed E-state index contributed by atoms with van der Waals surface area (Å²) in [6.45, 7) is 2.07. The Labute approximate surface area is 106 Å². The lowest BCUT2D eigenvalue weighted by Crippen LogP contribution is -2.26. The summed E-state index contributed by atoms with van der Waals surface area (Å²) in [7, 11) is 0. The van der Waals surface area contributed by atoms with Gasteiger partial charge >= 0.3 is 0 Å². The maximum atomic E-state index is 11.7. The largest absolute Gasteiger partial charge is 0.375 e. The van der Waals surface area contributed by atoms with Crippen LogP contribution in [0.3, 0.4) is 0 Å². The number of carbonyl (C=O) groups is 1. The van der Waals surface area contributed by atoms with Gasteiger partial charge in [-0.3, -0.25) is 4.79 Å². The summed E-state index contributed by atoms with van der Waals surface area (Å²) in [5.74, 6) is 0.899. The molecule has 102 valence electrons. The van der Waals surface area contributed by atoms with Crippen molar-refractivity contribution in [2.75, 3.05) is 25.6 Å². The molecule has 0 aromatic rings. The maximum Gasteiger partial charge on any atom is 0.261 e. The van der Waals surface area contributed by atoms with E-state index in [0.717, 1.165) is 12.8 Å². The highest BCUT2D eigenvalue weighted by molar-refractivity contribution is 6.18. The van der Waals surface area contributed by atoms with Crippen LogP contribution in [0.2, 0.25) is 0 Å². The summed E-state index contributed by atoms with van der Waals surface area (Å²) in [4.78, 5) is 11.2. The van der Waals surface area contributed by atoms with Crippen molar-refractivity contribution in [1.29, 1.82) is 0 Å². The van der Waals surface area contributed by atoms with E-state index in [1.165, 1.54) is 0 Å². The average Bonchev–Trinajstić information content (AvgIpc) is 2.29. The van der Waals surface area contributed by atoms with Crippen molar-refractivity contribution >= 4 is 17.5 Å². The van der Waals surface area contributed by atoms with Crippen LogP contribution < -0.4 is 5.32 Å². The van der Waals surface area contributed by atoms with Gasteiger partial charge in [0.25, 0.3) is 6.43 Å². The second kappa shape index (κ2) is 10.7. The zero-order valence-electron chi connectivity index (χ0n) is 10.1. The van der Waals surface area contributed by atoms with Crippen LogP contribution in [-0.2, 0) is 9.53 Å². The quantitative estimate of drug-likeness (QED) is 0.490. The number of ether oxygens (including phenoxy) is 1. The lowest BCUT2D eigenvalue weighted by Gasteiger charge is -2.08.